The zero-order chi connectivity index (χ0) is 15.1. The first-order valence-corrected chi connectivity index (χ1v) is 7.97. The monoisotopic (exact) mass is 298 g/mol. The minimum absolute atomic E-state index is 0.0230. The van der Waals surface area contributed by atoms with E-state index >= 15 is 0 Å². The van der Waals surface area contributed by atoms with Crippen LogP contribution in [0.2, 0.25) is 0 Å². The summed E-state index contributed by atoms with van der Waals surface area (Å²) in [6.45, 7) is 7.64. The first-order valence-electron chi connectivity index (χ1n) is 7.45. The van der Waals surface area contributed by atoms with Gasteiger partial charge in [0.05, 0.1) is 11.2 Å². The van der Waals surface area contributed by atoms with Gasteiger partial charge in [-0.15, -0.1) is 6.58 Å². The van der Waals surface area contributed by atoms with E-state index in [1.165, 1.54) is 6.42 Å². The van der Waals surface area contributed by atoms with Gasteiger partial charge in [0.2, 0.25) is 0 Å². The van der Waals surface area contributed by atoms with Crippen LogP contribution in [-0.2, 0) is 14.3 Å². The number of hydrogen-bond acceptors (Lipinski definition) is 4. The van der Waals surface area contributed by atoms with Crippen molar-refractivity contribution in [2.24, 2.45) is 11.8 Å². The van der Waals surface area contributed by atoms with Gasteiger partial charge in [-0.1, -0.05) is 18.9 Å². The molecule has 1 fully saturated rings. The maximum absolute atomic E-state index is 11.9. The van der Waals surface area contributed by atoms with Gasteiger partial charge in [-0.05, 0) is 44.9 Å². The molecule has 4 heteroatoms. The standard InChI is InChI=1S/C16H26O3S/c1-4-12-5-7-13(8-6-12)16(18)19-10-14(17)15(20)9-11(2)3/h12-13,15,20H,2,4-10H2,1,3H3. The second-order valence-corrected chi connectivity index (χ2v) is 6.50. The van der Waals surface area contributed by atoms with Gasteiger partial charge in [-0.3, -0.25) is 9.59 Å². The van der Waals surface area contributed by atoms with Crippen molar-refractivity contribution in [3.05, 3.63) is 12.2 Å². The Bertz CT molecular complexity index is 357. The lowest BCUT2D eigenvalue weighted by Gasteiger charge is -2.26. The van der Waals surface area contributed by atoms with Gasteiger partial charge in [0.15, 0.2) is 12.4 Å². The van der Waals surface area contributed by atoms with E-state index in [2.05, 4.69) is 26.1 Å². The molecule has 3 nitrogen and oxygen atoms in total. The molecule has 0 aliphatic heterocycles. The molecule has 0 radical (unpaired) electrons. The van der Waals surface area contributed by atoms with Crippen molar-refractivity contribution in [1.82, 2.24) is 0 Å². The summed E-state index contributed by atoms with van der Waals surface area (Å²) >= 11 is 4.22. The molecular weight excluding hydrogens is 272 g/mol. The first kappa shape index (κ1) is 17.3. The van der Waals surface area contributed by atoms with E-state index in [1.807, 2.05) is 6.92 Å². The molecule has 114 valence electrons. The number of rotatable bonds is 7. The highest BCUT2D eigenvalue weighted by Gasteiger charge is 2.27. The average molecular weight is 298 g/mol. The molecule has 0 N–H and O–H groups in total. The normalized spacial score (nSPS) is 23.9. The molecule has 20 heavy (non-hydrogen) atoms. The Morgan fingerprint density at radius 3 is 2.40 bits per heavy atom. The van der Waals surface area contributed by atoms with Crippen LogP contribution in [0.15, 0.2) is 12.2 Å². The smallest absolute Gasteiger partial charge is 0.309 e. The molecule has 0 aromatic carbocycles. The van der Waals surface area contributed by atoms with Crippen molar-refractivity contribution in [3.8, 4) is 0 Å². The summed E-state index contributed by atoms with van der Waals surface area (Å²) in [5.74, 6) is 0.360. The fraction of sp³-hybridized carbons (Fsp3) is 0.750. The van der Waals surface area contributed by atoms with E-state index in [1.54, 1.807) is 0 Å². The summed E-state index contributed by atoms with van der Waals surface area (Å²) in [5.41, 5.74) is 0.905. The summed E-state index contributed by atoms with van der Waals surface area (Å²) in [4.78, 5) is 23.7. The Morgan fingerprint density at radius 1 is 1.30 bits per heavy atom. The Hall–Kier alpha value is -0.770. The molecule has 1 rings (SSSR count). The predicted molar refractivity (Wildman–Crippen MR) is 83.9 cm³/mol. The number of carbonyl (C=O) groups is 2. The first-order chi connectivity index (χ1) is 9.43. The Kier molecular flexibility index (Phi) is 7.35. The van der Waals surface area contributed by atoms with Crippen molar-refractivity contribution in [2.45, 2.75) is 57.6 Å². The minimum atomic E-state index is -0.420. The highest BCUT2D eigenvalue weighted by atomic mass is 32.1. The van der Waals surface area contributed by atoms with Crippen molar-refractivity contribution in [3.63, 3.8) is 0 Å². The maximum Gasteiger partial charge on any atom is 0.309 e. The molecular formula is C16H26O3S. The van der Waals surface area contributed by atoms with E-state index in [-0.39, 0.29) is 24.3 Å². The average Bonchev–Trinajstić information content (AvgIpc) is 2.43. The number of carbonyl (C=O) groups excluding carboxylic acids is 2. The van der Waals surface area contributed by atoms with Crippen LogP contribution in [0.3, 0.4) is 0 Å². The van der Waals surface area contributed by atoms with Crippen LogP contribution in [0.5, 0.6) is 0 Å². The summed E-state index contributed by atoms with van der Waals surface area (Å²) in [7, 11) is 0. The zero-order valence-corrected chi connectivity index (χ0v) is 13.5. The lowest BCUT2D eigenvalue weighted by atomic mass is 9.81. The quantitative estimate of drug-likeness (QED) is 0.444. The zero-order valence-electron chi connectivity index (χ0n) is 12.6. The molecule has 0 spiro atoms. The SMILES string of the molecule is C=C(C)CC(S)C(=O)COC(=O)C1CCC(CC)CC1. The Labute approximate surface area is 127 Å². The van der Waals surface area contributed by atoms with Gasteiger partial charge in [-0.25, -0.2) is 0 Å². The molecule has 0 aromatic rings. The van der Waals surface area contributed by atoms with E-state index < -0.39 is 5.25 Å². The molecule has 0 aromatic heterocycles. The number of thiol groups is 1. The lowest BCUT2D eigenvalue weighted by Crippen LogP contribution is -2.28. The molecule has 1 atom stereocenters. The summed E-state index contributed by atoms with van der Waals surface area (Å²) in [5, 5.41) is -0.420. The number of Topliss-reactive ketones (excluding diaryl/α,β-unsaturated/α-hetero) is 1. The molecule has 1 aliphatic rings. The fourth-order valence-corrected chi connectivity index (χ4v) is 2.99. The number of allylic oxidation sites excluding steroid dienone is 1. The predicted octanol–water partition coefficient (Wildman–Crippen LogP) is 3.58. The van der Waals surface area contributed by atoms with Gasteiger partial charge in [0, 0.05) is 0 Å². The number of ketones is 1. The molecule has 0 amide bonds. The number of hydrogen-bond donors (Lipinski definition) is 1. The largest absolute Gasteiger partial charge is 0.457 e. The van der Waals surface area contributed by atoms with E-state index in [0.29, 0.717) is 6.42 Å². The number of esters is 1. The second kappa shape index (κ2) is 8.50. The van der Waals surface area contributed by atoms with Crippen molar-refractivity contribution in [1.29, 1.82) is 0 Å². The van der Waals surface area contributed by atoms with Crippen molar-refractivity contribution in [2.75, 3.05) is 6.61 Å². The van der Waals surface area contributed by atoms with Crippen LogP contribution in [0.4, 0.5) is 0 Å². The van der Waals surface area contributed by atoms with Crippen molar-refractivity contribution < 1.29 is 14.3 Å². The minimum Gasteiger partial charge on any atom is -0.457 e. The Morgan fingerprint density at radius 2 is 1.90 bits per heavy atom. The van der Waals surface area contributed by atoms with Crippen LogP contribution in [0, 0.1) is 11.8 Å². The van der Waals surface area contributed by atoms with Crippen LogP contribution < -0.4 is 0 Å². The molecule has 1 aliphatic carbocycles. The van der Waals surface area contributed by atoms with Gasteiger partial charge in [0.1, 0.15) is 0 Å². The summed E-state index contributed by atoms with van der Waals surface area (Å²) in [6, 6.07) is 0. The van der Waals surface area contributed by atoms with Gasteiger partial charge >= 0.3 is 5.97 Å². The van der Waals surface area contributed by atoms with Crippen molar-refractivity contribution >= 4 is 24.4 Å². The Balaban J connectivity index is 2.29. The molecule has 1 unspecified atom stereocenters. The summed E-state index contributed by atoms with van der Waals surface area (Å²) in [6.07, 6.45) is 5.68. The molecule has 0 saturated heterocycles. The van der Waals surface area contributed by atoms with E-state index in [9.17, 15) is 9.59 Å². The van der Waals surface area contributed by atoms with E-state index in [0.717, 1.165) is 37.2 Å². The second-order valence-electron chi connectivity index (χ2n) is 5.88. The molecule has 0 bridgehead atoms. The van der Waals surface area contributed by atoms with Gasteiger partial charge in [-0.2, -0.15) is 12.6 Å². The van der Waals surface area contributed by atoms with E-state index in [4.69, 9.17) is 4.74 Å². The van der Waals surface area contributed by atoms with Crippen LogP contribution in [0.25, 0.3) is 0 Å². The third kappa shape index (κ3) is 5.70. The van der Waals surface area contributed by atoms with Crippen LogP contribution >= 0.6 is 12.6 Å². The van der Waals surface area contributed by atoms with Gasteiger partial charge < -0.3 is 4.74 Å². The summed E-state index contributed by atoms with van der Waals surface area (Å²) < 4.78 is 5.15. The maximum atomic E-state index is 11.9. The fourth-order valence-electron chi connectivity index (χ4n) is 2.61. The third-order valence-electron chi connectivity index (χ3n) is 4.03. The lowest BCUT2D eigenvalue weighted by molar-refractivity contribution is -0.153. The molecule has 1 saturated carbocycles. The highest BCUT2D eigenvalue weighted by Crippen LogP contribution is 2.31. The van der Waals surface area contributed by atoms with Gasteiger partial charge in [0.25, 0.3) is 0 Å². The van der Waals surface area contributed by atoms with Crippen LogP contribution in [0.1, 0.15) is 52.4 Å². The number of ether oxygens (including phenoxy) is 1. The molecule has 0 heterocycles. The highest BCUT2D eigenvalue weighted by molar-refractivity contribution is 7.81. The van der Waals surface area contributed by atoms with Crippen LogP contribution in [-0.4, -0.2) is 23.6 Å². The third-order valence-corrected chi connectivity index (χ3v) is 4.50. The topological polar surface area (TPSA) is 43.4 Å².